The minimum Gasteiger partial charge on any atom is -0.383 e. The van der Waals surface area contributed by atoms with Crippen LogP contribution in [0.15, 0.2) is 34.2 Å². The van der Waals surface area contributed by atoms with E-state index in [2.05, 4.69) is 9.97 Å². The molecule has 3 N–H and O–H groups in total. The zero-order chi connectivity index (χ0) is 24.3. The topological polar surface area (TPSA) is 149 Å². The molecule has 11 nitrogen and oxygen atoms in total. The van der Waals surface area contributed by atoms with Crippen molar-refractivity contribution in [3.63, 3.8) is 0 Å². The Morgan fingerprint density at radius 2 is 1.94 bits per heavy atom. The zero-order valence-corrected chi connectivity index (χ0v) is 20.0. The molecule has 1 aromatic carbocycles. The van der Waals surface area contributed by atoms with Gasteiger partial charge in [-0.2, -0.15) is 4.98 Å². The molecule has 1 atom stereocenters. The second-order valence-electron chi connectivity index (χ2n) is 7.83. The maximum Gasteiger partial charge on any atom is 0.339 e. The van der Waals surface area contributed by atoms with Crippen LogP contribution in [0.1, 0.15) is 24.5 Å². The molecular weight excluding hydrogens is 446 g/mol. The lowest BCUT2D eigenvalue weighted by atomic mass is 10.1. The van der Waals surface area contributed by atoms with Crippen molar-refractivity contribution in [3.05, 3.63) is 45.9 Å². The van der Waals surface area contributed by atoms with Gasteiger partial charge >= 0.3 is 11.7 Å². The van der Waals surface area contributed by atoms with Gasteiger partial charge in [-0.1, -0.05) is 36.8 Å². The number of hydrogen-bond donors (Lipinski definition) is 2. The van der Waals surface area contributed by atoms with Crippen LogP contribution in [0.3, 0.4) is 0 Å². The van der Waals surface area contributed by atoms with Gasteiger partial charge in [0.25, 0.3) is 0 Å². The van der Waals surface area contributed by atoms with Crippen molar-refractivity contribution in [2.24, 2.45) is 0 Å². The molecule has 3 rings (SSSR count). The number of benzene rings is 1. The van der Waals surface area contributed by atoms with Crippen molar-refractivity contribution in [1.29, 1.82) is 4.78 Å². The summed E-state index contributed by atoms with van der Waals surface area (Å²) in [6, 6.07) is 6.94. The number of rotatable bonds is 8. The molecule has 0 saturated carbocycles. The highest BCUT2D eigenvalue weighted by atomic mass is 32.2. The summed E-state index contributed by atoms with van der Waals surface area (Å²) in [6.07, 6.45) is 0.490. The maximum absolute atomic E-state index is 13.4. The number of nitrogens with zero attached hydrogens (tertiary/aromatic N) is 5. The number of anilines is 1. The van der Waals surface area contributed by atoms with Gasteiger partial charge in [0.05, 0.1) is 13.2 Å². The molecule has 0 aliphatic rings. The Labute approximate surface area is 192 Å². The van der Waals surface area contributed by atoms with Gasteiger partial charge in [-0.05, 0) is 18.9 Å². The molecule has 0 aliphatic heterocycles. The quantitative estimate of drug-likeness (QED) is 0.472. The van der Waals surface area contributed by atoms with Crippen LogP contribution >= 0.6 is 0 Å². The first-order valence-corrected chi connectivity index (χ1v) is 12.2. The van der Waals surface area contributed by atoms with E-state index in [1.807, 2.05) is 31.2 Å². The molecule has 0 radical (unpaired) electrons. The summed E-state index contributed by atoms with van der Waals surface area (Å²) < 4.78 is 28.3. The molecule has 0 spiro atoms. The Bertz CT molecular complexity index is 1330. The van der Waals surface area contributed by atoms with Crippen LogP contribution in [0.2, 0.25) is 0 Å². The fraction of sp³-hybridized carbons (Fsp3) is 0.429. The highest BCUT2D eigenvalue weighted by molar-refractivity contribution is 7.92. The van der Waals surface area contributed by atoms with Gasteiger partial charge in [-0.15, -0.1) is 0 Å². The average molecular weight is 476 g/mol. The second kappa shape index (κ2) is 9.71. The highest BCUT2D eigenvalue weighted by Crippen LogP contribution is 2.22. The summed E-state index contributed by atoms with van der Waals surface area (Å²) in [5.41, 5.74) is 7.46. The molecule has 0 saturated heterocycles. The van der Waals surface area contributed by atoms with E-state index in [9.17, 15) is 13.8 Å². The van der Waals surface area contributed by atoms with Crippen molar-refractivity contribution in [1.82, 2.24) is 24.0 Å². The first-order valence-electron chi connectivity index (χ1n) is 10.5. The van der Waals surface area contributed by atoms with Crippen molar-refractivity contribution in [2.75, 3.05) is 38.8 Å². The summed E-state index contributed by atoms with van der Waals surface area (Å²) in [5.74, 6) is -0.126. The van der Waals surface area contributed by atoms with Gasteiger partial charge < -0.3 is 15.4 Å². The van der Waals surface area contributed by atoms with E-state index in [0.29, 0.717) is 6.42 Å². The number of methoxy groups -OCH3 is 1. The lowest BCUT2D eigenvalue weighted by Crippen LogP contribution is -2.39. The number of nitrogens with one attached hydrogen (secondary N) is 1. The molecular formula is C21H29N7O4S. The van der Waals surface area contributed by atoms with E-state index in [0.717, 1.165) is 15.7 Å². The third-order valence-corrected chi connectivity index (χ3v) is 6.93. The predicted octanol–water partition coefficient (Wildman–Crippen LogP) is 1.89. The van der Waals surface area contributed by atoms with Gasteiger partial charge in [0.2, 0.25) is 5.16 Å². The van der Waals surface area contributed by atoms with E-state index in [4.69, 9.17) is 15.3 Å². The average Bonchev–Trinajstić information content (AvgIpc) is 3.05. The van der Waals surface area contributed by atoms with Gasteiger partial charge in [-0.3, -0.25) is 4.57 Å². The van der Waals surface area contributed by atoms with E-state index in [1.165, 1.54) is 16.6 Å². The van der Waals surface area contributed by atoms with Crippen LogP contribution < -0.4 is 11.4 Å². The number of nitrogens with two attached hydrogens (primary N) is 1. The SMILES string of the molecule is CCCS(=N)(=O)c1nc(N)c2c(n1)n(Cc1ccc(C)cc1)c(=O)n2C(=O)N(C)CCOC. The molecule has 12 heteroatoms. The molecule has 3 aromatic rings. The number of fused-ring (bicyclic) bond motifs is 1. The van der Waals surface area contributed by atoms with Crippen molar-refractivity contribution >= 4 is 32.7 Å². The van der Waals surface area contributed by atoms with E-state index in [1.54, 1.807) is 14.0 Å². The standard InChI is InChI=1S/C21H29N7O4S/c1-5-12-33(23,31)19-24-17(22)16-18(25-19)27(13-15-8-6-14(2)7-9-15)21(30)28(16)20(29)26(3)10-11-32-4/h6-9,23H,5,10-13H2,1-4H3,(H2,22,24,25). The highest BCUT2D eigenvalue weighted by Gasteiger charge is 2.27. The number of nitrogen functional groups attached to an aromatic ring is 1. The number of aromatic nitrogens is 4. The van der Waals surface area contributed by atoms with Crippen LogP contribution in [-0.4, -0.2) is 67.3 Å². The van der Waals surface area contributed by atoms with Gasteiger partial charge in [0, 0.05) is 26.5 Å². The predicted molar refractivity (Wildman–Crippen MR) is 126 cm³/mol. The lowest BCUT2D eigenvalue weighted by molar-refractivity contribution is 0.160. The Morgan fingerprint density at radius 1 is 1.27 bits per heavy atom. The largest absolute Gasteiger partial charge is 0.383 e. The number of carbonyl (C=O) groups excluding carboxylic acids is 1. The molecule has 2 heterocycles. The summed E-state index contributed by atoms with van der Waals surface area (Å²) in [6.45, 7) is 4.40. The number of imidazole rings is 1. The minimum atomic E-state index is -3.31. The summed E-state index contributed by atoms with van der Waals surface area (Å²) in [7, 11) is -0.255. The maximum atomic E-state index is 13.4. The molecule has 0 bridgehead atoms. The Hall–Kier alpha value is -3.25. The molecule has 178 valence electrons. The van der Waals surface area contributed by atoms with Crippen molar-refractivity contribution in [2.45, 2.75) is 32.0 Å². The van der Waals surface area contributed by atoms with Crippen molar-refractivity contribution < 1.29 is 13.7 Å². The monoisotopic (exact) mass is 475 g/mol. The summed E-state index contributed by atoms with van der Waals surface area (Å²) in [4.78, 5) is 36.3. The number of ether oxygens (including phenoxy) is 1. The number of likely N-dealkylation sites (N-methyl/N-ethyl adjacent to an activating group) is 1. The van der Waals surface area contributed by atoms with Crippen LogP contribution in [0.5, 0.6) is 0 Å². The number of hydrogen-bond acceptors (Lipinski definition) is 8. The summed E-state index contributed by atoms with van der Waals surface area (Å²) >= 11 is 0. The van der Waals surface area contributed by atoms with Gasteiger partial charge in [0.1, 0.15) is 15.2 Å². The van der Waals surface area contributed by atoms with E-state index >= 15 is 0 Å². The third kappa shape index (κ3) is 4.91. The molecule has 0 aliphatic carbocycles. The van der Waals surface area contributed by atoms with Crippen LogP contribution in [0.25, 0.3) is 11.2 Å². The Balaban J connectivity index is 2.26. The molecule has 1 amide bonds. The van der Waals surface area contributed by atoms with E-state index < -0.39 is 21.4 Å². The Morgan fingerprint density at radius 3 is 2.55 bits per heavy atom. The summed E-state index contributed by atoms with van der Waals surface area (Å²) in [5, 5.41) is -0.246. The first kappa shape index (κ1) is 24.4. The fourth-order valence-electron chi connectivity index (χ4n) is 3.37. The molecule has 1 unspecified atom stereocenters. The van der Waals surface area contributed by atoms with E-state index in [-0.39, 0.29) is 47.6 Å². The smallest absolute Gasteiger partial charge is 0.339 e. The first-order chi connectivity index (χ1) is 15.6. The molecule has 0 fully saturated rings. The Kier molecular flexibility index (Phi) is 7.18. The normalized spacial score (nSPS) is 13.2. The van der Waals surface area contributed by atoms with Crippen LogP contribution in [-0.2, 0) is 21.0 Å². The lowest BCUT2D eigenvalue weighted by Gasteiger charge is -2.16. The second-order valence-corrected chi connectivity index (χ2v) is 9.95. The zero-order valence-electron chi connectivity index (χ0n) is 19.2. The van der Waals surface area contributed by atoms with Gasteiger partial charge in [0.15, 0.2) is 11.5 Å². The number of amides is 1. The minimum absolute atomic E-state index is 0.0248. The van der Waals surface area contributed by atoms with Gasteiger partial charge in [-0.25, -0.2) is 28.1 Å². The molecule has 2 aromatic heterocycles. The number of aryl methyl sites for hydroxylation is 1. The van der Waals surface area contributed by atoms with Crippen LogP contribution in [0, 0.1) is 11.7 Å². The fourth-order valence-corrected chi connectivity index (χ4v) is 4.60. The van der Waals surface area contributed by atoms with Crippen molar-refractivity contribution in [3.8, 4) is 0 Å². The molecule has 33 heavy (non-hydrogen) atoms. The van der Waals surface area contributed by atoms with Crippen LogP contribution in [0.4, 0.5) is 10.6 Å². The number of carbonyl (C=O) groups is 1. The third-order valence-electron chi connectivity index (χ3n) is 5.17.